The molecule has 14 heteroatoms. The number of unbranched alkanes of at least 4 members (excludes halogenated alkanes) is 2. The summed E-state index contributed by atoms with van der Waals surface area (Å²) < 4.78 is 40.0. The second kappa shape index (κ2) is 34.0. The number of aliphatic hydroxyl groups is 2. The van der Waals surface area contributed by atoms with Gasteiger partial charge in [0.15, 0.2) is 0 Å². The number of aliphatic hydroxyl groups excluding tert-OH is 2. The zero-order valence-corrected chi connectivity index (χ0v) is 31.3. The molecule has 274 valence electrons. The van der Waals surface area contributed by atoms with Gasteiger partial charge >= 0.3 is 17.1 Å². The molecule has 2 N–H and O–H groups in total. The molecule has 2 saturated carbocycles. The zero-order chi connectivity index (χ0) is 34.8. The lowest BCUT2D eigenvalue weighted by Gasteiger charge is -2.36. The highest BCUT2D eigenvalue weighted by molar-refractivity contribution is 6.68. The van der Waals surface area contributed by atoms with Crippen molar-refractivity contribution in [3.05, 3.63) is 0 Å². The van der Waals surface area contributed by atoms with Crippen LogP contribution in [0.25, 0.3) is 0 Å². The normalized spacial score (nSPS) is 20.2. The van der Waals surface area contributed by atoms with Gasteiger partial charge in [-0.2, -0.15) is 0 Å². The van der Waals surface area contributed by atoms with Crippen molar-refractivity contribution >= 4 is 36.5 Å². The van der Waals surface area contributed by atoms with E-state index < -0.39 is 17.1 Å². The number of rotatable bonds is 9. The molecule has 3 aliphatic rings. The second-order valence-electron chi connectivity index (χ2n) is 11.4. The molecule has 0 aromatic carbocycles. The Morgan fingerprint density at radius 2 is 1.07 bits per heavy atom. The fourth-order valence-electron chi connectivity index (χ4n) is 5.38. The highest BCUT2D eigenvalue weighted by Gasteiger charge is 2.42. The number of hydrogen-bond donors (Lipinski definition) is 2. The van der Waals surface area contributed by atoms with Crippen molar-refractivity contribution in [1.29, 1.82) is 0 Å². The van der Waals surface area contributed by atoms with Crippen LogP contribution in [-0.4, -0.2) is 127 Å². The summed E-state index contributed by atoms with van der Waals surface area (Å²) in [5.41, 5.74) is 1.34. The van der Waals surface area contributed by atoms with Gasteiger partial charge in [-0.3, -0.25) is 0 Å². The minimum atomic E-state index is -2.13. The molecule has 3 rings (SSSR count). The zero-order valence-electron chi connectivity index (χ0n) is 29.3. The summed E-state index contributed by atoms with van der Waals surface area (Å²) in [5.74, 6) is 0. The summed E-state index contributed by atoms with van der Waals surface area (Å²) >= 11 is 0. The molecule has 1 heterocycles. The first kappa shape index (κ1) is 47.2. The van der Waals surface area contributed by atoms with Crippen LogP contribution in [0.1, 0.15) is 83.5 Å². The SMILES string of the molecule is C=O.CO[Si](C)(OC)C1CCCCC1.C[Si]1(C2CCCCC2)OCCOCCOCCOCCO1.O=CCCCC=O.OCCO. The molecule has 0 bridgehead atoms. The molecular weight excluding hydrogens is 633 g/mol. The standard InChI is InChI=1S/C15H30O5Si.C9H20O2Si.C5H8O2.C2H6O2.CH2O/c1-21(15-5-3-2-4-6-15)19-13-11-17-9-7-16-8-10-18-12-14-20-21;1-10-12(3,11-2)9-7-5-4-6-8-9;6-4-2-1-3-5-7;3-1-2-4;1-2/h15H,2-14H2,1H3;9H,4-8H2,1-3H3;4-5H,1-3H2;3-4H,1-2H2;1H2. The molecule has 1 aliphatic heterocycles. The lowest BCUT2D eigenvalue weighted by atomic mass is 10.0. The van der Waals surface area contributed by atoms with Gasteiger partial charge in [0.2, 0.25) is 0 Å². The molecule has 0 aromatic heterocycles. The van der Waals surface area contributed by atoms with Gasteiger partial charge < -0.3 is 56.5 Å². The predicted molar refractivity (Wildman–Crippen MR) is 183 cm³/mol. The van der Waals surface area contributed by atoms with Crippen molar-refractivity contribution in [2.24, 2.45) is 0 Å². The summed E-state index contributed by atoms with van der Waals surface area (Å²) in [4.78, 5) is 27.1. The van der Waals surface area contributed by atoms with Gasteiger partial charge in [-0.1, -0.05) is 38.5 Å². The van der Waals surface area contributed by atoms with Crippen molar-refractivity contribution in [2.75, 3.05) is 80.3 Å². The monoisotopic (exact) mass is 698 g/mol. The highest BCUT2D eigenvalue weighted by atomic mass is 28.4. The van der Waals surface area contributed by atoms with Gasteiger partial charge in [0.25, 0.3) is 0 Å². The Bertz CT molecular complexity index is 637. The molecular formula is C32H66O12Si2. The van der Waals surface area contributed by atoms with E-state index in [1.54, 1.807) is 14.2 Å². The van der Waals surface area contributed by atoms with Crippen LogP contribution in [0.2, 0.25) is 24.2 Å². The minimum absolute atomic E-state index is 0.125. The number of ether oxygens (including phenoxy) is 3. The third-order valence-corrected chi connectivity index (χ3v) is 15.5. The van der Waals surface area contributed by atoms with E-state index in [-0.39, 0.29) is 13.2 Å². The van der Waals surface area contributed by atoms with Crippen molar-refractivity contribution in [2.45, 2.75) is 108 Å². The molecule has 0 radical (unpaired) electrons. The topological polar surface area (TPSA) is 156 Å². The van der Waals surface area contributed by atoms with Crippen molar-refractivity contribution in [3.63, 3.8) is 0 Å². The van der Waals surface area contributed by atoms with Crippen LogP contribution in [-0.2, 0) is 46.3 Å². The molecule has 0 unspecified atom stereocenters. The van der Waals surface area contributed by atoms with Gasteiger partial charge in [-0.15, -0.1) is 0 Å². The third-order valence-electron chi connectivity index (χ3n) is 8.22. The first-order valence-corrected chi connectivity index (χ1v) is 21.6. The Kier molecular flexibility index (Phi) is 34.9. The van der Waals surface area contributed by atoms with E-state index >= 15 is 0 Å². The van der Waals surface area contributed by atoms with Gasteiger partial charge in [-0.25, -0.2) is 0 Å². The van der Waals surface area contributed by atoms with E-state index in [0.717, 1.165) is 18.1 Å². The van der Waals surface area contributed by atoms with Crippen LogP contribution in [0, 0.1) is 0 Å². The first-order valence-electron chi connectivity index (χ1n) is 16.9. The molecule has 0 aromatic rings. The van der Waals surface area contributed by atoms with E-state index in [0.29, 0.717) is 77.7 Å². The number of hydrogen-bond acceptors (Lipinski definition) is 12. The third kappa shape index (κ3) is 24.3. The average molecular weight is 699 g/mol. The molecule has 0 spiro atoms. The molecule has 0 atom stereocenters. The molecule has 3 fully saturated rings. The van der Waals surface area contributed by atoms with Crippen LogP contribution in [0.3, 0.4) is 0 Å². The maximum Gasteiger partial charge on any atom is 0.338 e. The van der Waals surface area contributed by atoms with Crippen LogP contribution in [0.15, 0.2) is 0 Å². The van der Waals surface area contributed by atoms with E-state index in [1.165, 1.54) is 64.2 Å². The van der Waals surface area contributed by atoms with E-state index in [2.05, 4.69) is 13.1 Å². The maximum atomic E-state index is 9.56. The Morgan fingerprint density at radius 1 is 0.696 bits per heavy atom. The maximum absolute atomic E-state index is 9.56. The Hall–Kier alpha value is -0.916. The van der Waals surface area contributed by atoms with Crippen molar-refractivity contribution < 1.29 is 56.5 Å². The van der Waals surface area contributed by atoms with Crippen molar-refractivity contribution in [3.8, 4) is 0 Å². The van der Waals surface area contributed by atoms with Gasteiger partial charge in [0, 0.05) is 38.1 Å². The van der Waals surface area contributed by atoms with Gasteiger partial charge in [-0.05, 0) is 45.2 Å². The molecule has 1 saturated heterocycles. The molecule has 46 heavy (non-hydrogen) atoms. The second-order valence-corrected chi connectivity index (χ2v) is 18.4. The fourth-order valence-corrected chi connectivity index (χ4v) is 10.7. The van der Waals surface area contributed by atoms with Gasteiger partial charge in [0.05, 0.1) is 66.1 Å². The molecule has 0 amide bonds. The average Bonchev–Trinajstić information content (AvgIpc) is 3.12. The predicted octanol–water partition coefficient (Wildman–Crippen LogP) is 4.52. The van der Waals surface area contributed by atoms with Crippen LogP contribution < -0.4 is 0 Å². The first-order chi connectivity index (χ1) is 22.4. The van der Waals surface area contributed by atoms with Crippen LogP contribution in [0.5, 0.6) is 0 Å². The lowest BCUT2D eigenvalue weighted by molar-refractivity contribution is -0.109. The van der Waals surface area contributed by atoms with Crippen molar-refractivity contribution in [1.82, 2.24) is 0 Å². The fraction of sp³-hybridized carbons (Fsp3) is 0.906. The summed E-state index contributed by atoms with van der Waals surface area (Å²) in [6.07, 6.45) is 16.6. The van der Waals surface area contributed by atoms with Gasteiger partial charge in [0.1, 0.15) is 19.4 Å². The van der Waals surface area contributed by atoms with Crippen LogP contribution in [0.4, 0.5) is 0 Å². The quantitative estimate of drug-likeness (QED) is 0.198. The summed E-state index contributed by atoms with van der Waals surface area (Å²) in [6.45, 7) is 11.1. The Balaban J connectivity index is 0. The molecule has 12 nitrogen and oxygen atoms in total. The largest absolute Gasteiger partial charge is 0.398 e. The molecule has 2 aliphatic carbocycles. The smallest absolute Gasteiger partial charge is 0.338 e. The minimum Gasteiger partial charge on any atom is -0.398 e. The summed E-state index contributed by atoms with van der Waals surface area (Å²) in [5, 5.41) is 15.2. The summed E-state index contributed by atoms with van der Waals surface area (Å²) in [6, 6.07) is 0. The van der Waals surface area contributed by atoms with E-state index in [9.17, 15) is 9.59 Å². The number of carbonyl (C=O) groups is 3. The number of aldehydes is 2. The highest BCUT2D eigenvalue weighted by Crippen LogP contribution is 2.38. The number of carbonyl (C=O) groups excluding carboxylic acids is 3. The Labute approximate surface area is 280 Å². The van der Waals surface area contributed by atoms with E-state index in [1.807, 2.05) is 6.79 Å². The summed E-state index contributed by atoms with van der Waals surface area (Å²) in [7, 11) is -0.337. The Morgan fingerprint density at radius 3 is 1.41 bits per heavy atom. The van der Waals surface area contributed by atoms with E-state index in [4.69, 9.17) is 46.9 Å². The van der Waals surface area contributed by atoms with Crippen LogP contribution >= 0.6 is 0 Å². The lowest BCUT2D eigenvalue weighted by Crippen LogP contribution is -2.46.